The summed E-state index contributed by atoms with van der Waals surface area (Å²) in [7, 11) is 0. The molecule has 1 nitrogen and oxygen atoms in total. The van der Waals surface area contributed by atoms with E-state index in [0.717, 1.165) is 18.5 Å². The summed E-state index contributed by atoms with van der Waals surface area (Å²) in [5, 5.41) is 3.97. The Kier molecular flexibility index (Phi) is 6.45. The van der Waals surface area contributed by atoms with Crippen molar-refractivity contribution in [3.63, 3.8) is 0 Å². The fraction of sp³-hybridized carbons (Fsp3) is 0.294. The lowest BCUT2D eigenvalue weighted by molar-refractivity contribution is 0.513. The highest BCUT2D eigenvalue weighted by Gasteiger charge is 2.16. The fourth-order valence-corrected chi connectivity index (χ4v) is 2.85. The zero-order valence-corrected chi connectivity index (χ0v) is 14.8. The maximum absolute atomic E-state index is 14.0. The highest BCUT2D eigenvalue weighted by molar-refractivity contribution is 14.1. The third-order valence-electron chi connectivity index (χ3n) is 3.38. The van der Waals surface area contributed by atoms with Gasteiger partial charge in [0.15, 0.2) is 0 Å². The van der Waals surface area contributed by atoms with Gasteiger partial charge in [0.2, 0.25) is 0 Å². The zero-order valence-electron chi connectivity index (χ0n) is 11.9. The van der Waals surface area contributed by atoms with E-state index in [1.54, 1.807) is 12.1 Å². The Morgan fingerprint density at radius 2 is 1.90 bits per heavy atom. The van der Waals surface area contributed by atoms with E-state index in [1.165, 1.54) is 9.64 Å². The van der Waals surface area contributed by atoms with Crippen molar-refractivity contribution in [1.29, 1.82) is 0 Å². The first kappa shape index (κ1) is 16.7. The van der Waals surface area contributed by atoms with E-state index < -0.39 is 0 Å². The van der Waals surface area contributed by atoms with Crippen LogP contribution in [-0.2, 0) is 6.42 Å². The highest BCUT2D eigenvalue weighted by Crippen LogP contribution is 2.26. The van der Waals surface area contributed by atoms with Gasteiger partial charge < -0.3 is 5.32 Å². The number of halogens is 3. The Labute approximate surface area is 144 Å². The smallest absolute Gasteiger partial charge is 0.127 e. The van der Waals surface area contributed by atoms with Gasteiger partial charge >= 0.3 is 0 Å². The van der Waals surface area contributed by atoms with Crippen molar-refractivity contribution < 1.29 is 4.39 Å². The lowest BCUT2D eigenvalue weighted by atomic mass is 9.98. The molecule has 0 aliphatic heterocycles. The monoisotopic (exact) mass is 417 g/mol. The number of hydrogen-bond acceptors (Lipinski definition) is 1. The molecule has 0 spiro atoms. The van der Waals surface area contributed by atoms with Crippen LogP contribution in [0.1, 0.15) is 30.5 Å². The van der Waals surface area contributed by atoms with Crippen molar-refractivity contribution >= 4 is 34.2 Å². The molecule has 2 rings (SSSR count). The minimum Gasteiger partial charge on any atom is -0.310 e. The summed E-state index contributed by atoms with van der Waals surface area (Å²) in [6.45, 7) is 3.01. The van der Waals surface area contributed by atoms with Crippen LogP contribution >= 0.6 is 34.2 Å². The molecule has 1 N–H and O–H groups in total. The number of rotatable bonds is 6. The van der Waals surface area contributed by atoms with E-state index in [4.69, 9.17) is 11.6 Å². The Morgan fingerprint density at radius 1 is 1.19 bits per heavy atom. The molecule has 0 radical (unpaired) electrons. The predicted octanol–water partition coefficient (Wildman–Crippen LogP) is 5.37. The topological polar surface area (TPSA) is 12.0 Å². The van der Waals surface area contributed by atoms with Crippen LogP contribution in [0.2, 0.25) is 5.02 Å². The van der Waals surface area contributed by atoms with Gasteiger partial charge in [-0.3, -0.25) is 0 Å². The van der Waals surface area contributed by atoms with Gasteiger partial charge in [0, 0.05) is 20.2 Å². The van der Waals surface area contributed by atoms with Gasteiger partial charge in [0.25, 0.3) is 0 Å². The third kappa shape index (κ3) is 4.66. The molecule has 2 aromatic carbocycles. The van der Waals surface area contributed by atoms with Gasteiger partial charge in [-0.25, -0.2) is 4.39 Å². The molecule has 0 saturated carbocycles. The summed E-state index contributed by atoms with van der Waals surface area (Å²) in [6.07, 6.45) is 1.58. The van der Waals surface area contributed by atoms with Gasteiger partial charge in [0.1, 0.15) is 5.82 Å². The van der Waals surface area contributed by atoms with Gasteiger partial charge in [-0.05, 0) is 71.8 Å². The van der Waals surface area contributed by atoms with Crippen LogP contribution in [0.5, 0.6) is 0 Å². The summed E-state index contributed by atoms with van der Waals surface area (Å²) >= 11 is 8.43. The molecule has 0 aliphatic rings. The Balaban J connectivity index is 2.26. The molecular weight excluding hydrogens is 400 g/mol. The summed E-state index contributed by atoms with van der Waals surface area (Å²) in [5.41, 5.74) is 1.73. The Hall–Kier alpha value is -0.650. The van der Waals surface area contributed by atoms with Crippen molar-refractivity contribution in [2.45, 2.75) is 25.8 Å². The van der Waals surface area contributed by atoms with E-state index in [0.29, 0.717) is 17.0 Å². The minimum atomic E-state index is -0.240. The van der Waals surface area contributed by atoms with Gasteiger partial charge in [-0.2, -0.15) is 0 Å². The van der Waals surface area contributed by atoms with Crippen LogP contribution in [0.3, 0.4) is 0 Å². The zero-order chi connectivity index (χ0) is 15.2. The number of nitrogens with one attached hydrogen (secondary N) is 1. The van der Waals surface area contributed by atoms with Crippen molar-refractivity contribution in [1.82, 2.24) is 5.32 Å². The molecule has 2 aromatic rings. The standard InChI is InChI=1S/C17H18ClFIN/c1-2-10-21-17(12-6-8-13(20)9-7-12)11-14-15(18)4-3-5-16(14)19/h3-9,17,21H,2,10-11H2,1H3. The van der Waals surface area contributed by atoms with Gasteiger partial charge in [-0.1, -0.05) is 36.7 Å². The normalized spacial score (nSPS) is 12.4. The van der Waals surface area contributed by atoms with Gasteiger partial charge in [-0.15, -0.1) is 0 Å². The van der Waals surface area contributed by atoms with E-state index in [1.807, 2.05) is 0 Å². The molecule has 4 heteroatoms. The molecule has 0 fully saturated rings. The summed E-state index contributed by atoms with van der Waals surface area (Å²) in [6, 6.07) is 13.2. The highest BCUT2D eigenvalue weighted by atomic mass is 127. The molecule has 1 unspecified atom stereocenters. The average Bonchev–Trinajstić information content (AvgIpc) is 2.47. The number of benzene rings is 2. The van der Waals surface area contributed by atoms with Crippen molar-refractivity contribution in [2.24, 2.45) is 0 Å². The first-order valence-electron chi connectivity index (χ1n) is 7.03. The molecule has 0 amide bonds. The quantitative estimate of drug-likeness (QED) is 0.623. The minimum absolute atomic E-state index is 0.0661. The molecule has 1 atom stereocenters. The van der Waals surface area contributed by atoms with Crippen LogP contribution in [-0.4, -0.2) is 6.54 Å². The predicted molar refractivity (Wildman–Crippen MR) is 95.3 cm³/mol. The second kappa shape index (κ2) is 8.11. The van der Waals surface area contributed by atoms with Crippen LogP contribution in [0, 0.1) is 9.39 Å². The molecule has 0 saturated heterocycles. The molecular formula is C17H18ClFIN. The molecule has 0 heterocycles. The van der Waals surface area contributed by atoms with Crippen LogP contribution in [0.15, 0.2) is 42.5 Å². The summed E-state index contributed by atoms with van der Waals surface area (Å²) in [4.78, 5) is 0. The second-order valence-electron chi connectivity index (χ2n) is 4.96. The molecule has 112 valence electrons. The lowest BCUT2D eigenvalue weighted by Crippen LogP contribution is -2.24. The Bertz CT molecular complexity index is 566. The summed E-state index contributed by atoms with van der Waals surface area (Å²) in [5.74, 6) is -0.240. The van der Waals surface area contributed by atoms with E-state index in [9.17, 15) is 4.39 Å². The molecule has 0 aliphatic carbocycles. The molecule has 0 bridgehead atoms. The van der Waals surface area contributed by atoms with Crippen LogP contribution in [0.4, 0.5) is 4.39 Å². The lowest BCUT2D eigenvalue weighted by Gasteiger charge is -2.20. The third-order valence-corrected chi connectivity index (χ3v) is 4.46. The fourth-order valence-electron chi connectivity index (χ4n) is 2.25. The second-order valence-corrected chi connectivity index (χ2v) is 6.62. The van der Waals surface area contributed by atoms with E-state index in [2.05, 4.69) is 59.1 Å². The Morgan fingerprint density at radius 3 is 2.52 bits per heavy atom. The molecule has 21 heavy (non-hydrogen) atoms. The average molecular weight is 418 g/mol. The van der Waals surface area contributed by atoms with E-state index in [-0.39, 0.29) is 11.9 Å². The number of hydrogen-bond donors (Lipinski definition) is 1. The maximum atomic E-state index is 14.0. The summed E-state index contributed by atoms with van der Waals surface area (Å²) < 4.78 is 15.2. The SMILES string of the molecule is CCCNC(Cc1c(F)cccc1Cl)c1ccc(I)cc1. The van der Waals surface area contributed by atoms with E-state index >= 15 is 0 Å². The van der Waals surface area contributed by atoms with Crippen molar-refractivity contribution in [3.05, 3.63) is 68.0 Å². The largest absolute Gasteiger partial charge is 0.310 e. The first-order valence-corrected chi connectivity index (χ1v) is 8.49. The first-order chi connectivity index (χ1) is 10.1. The van der Waals surface area contributed by atoms with Crippen molar-refractivity contribution in [2.75, 3.05) is 6.54 Å². The maximum Gasteiger partial charge on any atom is 0.127 e. The van der Waals surface area contributed by atoms with Crippen LogP contribution < -0.4 is 5.32 Å². The van der Waals surface area contributed by atoms with Crippen LogP contribution in [0.25, 0.3) is 0 Å². The van der Waals surface area contributed by atoms with Gasteiger partial charge in [0.05, 0.1) is 0 Å². The molecule has 0 aromatic heterocycles. The van der Waals surface area contributed by atoms with Crippen molar-refractivity contribution in [3.8, 4) is 0 Å².